The minimum Gasteiger partial charge on any atom is -0.310 e. The van der Waals surface area contributed by atoms with Gasteiger partial charge in [-0.1, -0.05) is 97.1 Å². The molecule has 0 amide bonds. The highest BCUT2D eigenvalue weighted by atomic mass is 15.1. The minimum atomic E-state index is 1.12. The first kappa shape index (κ1) is 20.4. The van der Waals surface area contributed by atoms with E-state index in [0.29, 0.717) is 0 Å². The SMILES string of the molecule is C=C/C=C(\C=C/C)c1cccc(N(c2ccc(C)cc2)c2cccc3ccccc23)c1. The van der Waals surface area contributed by atoms with Crippen LogP contribution in [0.25, 0.3) is 16.3 Å². The molecule has 0 heterocycles. The van der Waals surface area contributed by atoms with Gasteiger partial charge in [0.2, 0.25) is 0 Å². The summed E-state index contributed by atoms with van der Waals surface area (Å²) >= 11 is 0. The van der Waals surface area contributed by atoms with Crippen molar-refractivity contribution in [3.63, 3.8) is 0 Å². The molecule has 0 spiro atoms. The molecule has 0 unspecified atom stereocenters. The molecule has 0 fully saturated rings. The summed E-state index contributed by atoms with van der Waals surface area (Å²) in [5, 5.41) is 2.46. The number of benzene rings is 4. The molecule has 0 atom stereocenters. The van der Waals surface area contributed by atoms with Crippen LogP contribution in [0.4, 0.5) is 17.1 Å². The molecule has 0 N–H and O–H groups in total. The van der Waals surface area contributed by atoms with E-state index in [0.717, 1.165) is 22.5 Å². The van der Waals surface area contributed by atoms with Crippen LogP contribution in [0.2, 0.25) is 0 Å². The van der Waals surface area contributed by atoms with E-state index in [1.165, 1.54) is 22.0 Å². The van der Waals surface area contributed by atoms with E-state index < -0.39 is 0 Å². The molecular formula is C30H27N. The fourth-order valence-electron chi connectivity index (χ4n) is 3.90. The molecule has 0 bridgehead atoms. The van der Waals surface area contributed by atoms with Crippen molar-refractivity contribution in [1.82, 2.24) is 0 Å². The Bertz CT molecular complexity index is 1250. The predicted molar refractivity (Wildman–Crippen MR) is 136 cm³/mol. The van der Waals surface area contributed by atoms with Gasteiger partial charge >= 0.3 is 0 Å². The van der Waals surface area contributed by atoms with Crippen LogP contribution in [0.3, 0.4) is 0 Å². The van der Waals surface area contributed by atoms with Crippen molar-refractivity contribution >= 4 is 33.4 Å². The van der Waals surface area contributed by atoms with Crippen LogP contribution in [0.15, 0.2) is 122 Å². The molecule has 0 radical (unpaired) electrons. The van der Waals surface area contributed by atoms with Crippen molar-refractivity contribution in [2.45, 2.75) is 13.8 Å². The lowest BCUT2D eigenvalue weighted by atomic mass is 10.0. The smallest absolute Gasteiger partial charge is 0.0540 e. The molecule has 0 aromatic heterocycles. The largest absolute Gasteiger partial charge is 0.310 e. The van der Waals surface area contributed by atoms with E-state index in [9.17, 15) is 0 Å². The number of hydrogen-bond donors (Lipinski definition) is 0. The molecule has 4 aromatic carbocycles. The maximum atomic E-state index is 3.88. The third kappa shape index (κ3) is 4.36. The number of allylic oxidation sites excluding steroid dienone is 5. The Labute approximate surface area is 185 Å². The quantitative estimate of drug-likeness (QED) is 0.292. The van der Waals surface area contributed by atoms with Gasteiger partial charge in [0.1, 0.15) is 0 Å². The van der Waals surface area contributed by atoms with Gasteiger partial charge in [0.25, 0.3) is 0 Å². The zero-order chi connectivity index (χ0) is 21.6. The molecule has 0 aliphatic carbocycles. The van der Waals surface area contributed by atoms with Crippen LogP contribution in [0, 0.1) is 6.92 Å². The first-order chi connectivity index (χ1) is 15.2. The Balaban J connectivity index is 1.94. The lowest BCUT2D eigenvalue weighted by Crippen LogP contribution is -2.10. The number of fused-ring (bicyclic) bond motifs is 1. The highest BCUT2D eigenvalue weighted by Gasteiger charge is 2.15. The van der Waals surface area contributed by atoms with Crippen molar-refractivity contribution in [2.24, 2.45) is 0 Å². The molecule has 0 aliphatic rings. The zero-order valence-corrected chi connectivity index (χ0v) is 18.1. The summed E-state index contributed by atoms with van der Waals surface area (Å²) in [5.41, 5.74) is 6.98. The lowest BCUT2D eigenvalue weighted by Gasteiger charge is -2.27. The van der Waals surface area contributed by atoms with Crippen molar-refractivity contribution in [3.05, 3.63) is 133 Å². The summed E-state index contributed by atoms with van der Waals surface area (Å²) in [6.45, 7) is 8.04. The highest BCUT2D eigenvalue weighted by molar-refractivity contribution is 5.99. The second kappa shape index (κ2) is 9.32. The molecule has 31 heavy (non-hydrogen) atoms. The van der Waals surface area contributed by atoms with Gasteiger partial charge in [0.15, 0.2) is 0 Å². The van der Waals surface area contributed by atoms with E-state index in [-0.39, 0.29) is 0 Å². The maximum Gasteiger partial charge on any atom is 0.0540 e. The molecular weight excluding hydrogens is 374 g/mol. The van der Waals surface area contributed by atoms with E-state index in [4.69, 9.17) is 0 Å². The average molecular weight is 402 g/mol. The van der Waals surface area contributed by atoms with Crippen LogP contribution in [0.5, 0.6) is 0 Å². The van der Waals surface area contributed by atoms with Crippen molar-refractivity contribution < 1.29 is 0 Å². The van der Waals surface area contributed by atoms with Gasteiger partial charge in [-0.05, 0) is 60.7 Å². The van der Waals surface area contributed by atoms with Gasteiger partial charge in [-0.25, -0.2) is 0 Å². The third-order valence-corrected chi connectivity index (χ3v) is 5.38. The molecule has 0 aliphatic heterocycles. The predicted octanol–water partition coefficient (Wildman–Crippen LogP) is 8.76. The van der Waals surface area contributed by atoms with E-state index in [1.807, 2.05) is 19.1 Å². The Hall–Kier alpha value is -3.84. The van der Waals surface area contributed by atoms with Crippen LogP contribution < -0.4 is 4.90 Å². The number of rotatable bonds is 6. The molecule has 0 saturated carbocycles. The van der Waals surface area contributed by atoms with Gasteiger partial charge < -0.3 is 4.90 Å². The van der Waals surface area contributed by atoms with Crippen molar-refractivity contribution in [3.8, 4) is 0 Å². The number of hydrogen-bond acceptors (Lipinski definition) is 1. The molecule has 1 heteroatoms. The van der Waals surface area contributed by atoms with Gasteiger partial charge in [-0.15, -0.1) is 0 Å². The third-order valence-electron chi connectivity index (χ3n) is 5.38. The molecule has 0 saturated heterocycles. The Morgan fingerprint density at radius 2 is 1.55 bits per heavy atom. The number of nitrogens with zero attached hydrogens (tertiary/aromatic N) is 1. The Morgan fingerprint density at radius 3 is 2.32 bits per heavy atom. The van der Waals surface area contributed by atoms with Crippen molar-refractivity contribution in [1.29, 1.82) is 0 Å². The van der Waals surface area contributed by atoms with Gasteiger partial charge in [-0.2, -0.15) is 0 Å². The van der Waals surface area contributed by atoms with E-state index >= 15 is 0 Å². The fourth-order valence-corrected chi connectivity index (χ4v) is 3.90. The molecule has 4 aromatic rings. The van der Waals surface area contributed by atoms with Crippen molar-refractivity contribution in [2.75, 3.05) is 4.90 Å². The summed E-state index contributed by atoms with van der Waals surface area (Å²) in [6.07, 6.45) is 8.07. The molecule has 1 nitrogen and oxygen atoms in total. The first-order valence-corrected chi connectivity index (χ1v) is 10.6. The summed E-state index contributed by atoms with van der Waals surface area (Å²) < 4.78 is 0. The van der Waals surface area contributed by atoms with E-state index in [1.54, 1.807) is 0 Å². The molecule has 4 rings (SSSR count). The Kier molecular flexibility index (Phi) is 6.14. The first-order valence-electron chi connectivity index (χ1n) is 10.6. The molecule has 152 valence electrons. The summed E-state index contributed by atoms with van der Waals surface area (Å²) in [4.78, 5) is 2.34. The van der Waals surface area contributed by atoms with E-state index in [2.05, 4.69) is 122 Å². The van der Waals surface area contributed by atoms with Crippen LogP contribution in [-0.4, -0.2) is 0 Å². The topological polar surface area (TPSA) is 3.24 Å². The monoisotopic (exact) mass is 401 g/mol. The van der Waals surface area contributed by atoms with Gasteiger partial charge in [-0.3, -0.25) is 0 Å². The number of aryl methyl sites for hydroxylation is 1. The van der Waals surface area contributed by atoms with Crippen LogP contribution in [-0.2, 0) is 0 Å². The van der Waals surface area contributed by atoms with Gasteiger partial charge in [0.05, 0.1) is 5.69 Å². The lowest BCUT2D eigenvalue weighted by molar-refractivity contribution is 1.28. The highest BCUT2D eigenvalue weighted by Crippen LogP contribution is 2.39. The minimum absolute atomic E-state index is 1.12. The van der Waals surface area contributed by atoms with Crippen LogP contribution >= 0.6 is 0 Å². The second-order valence-corrected chi connectivity index (χ2v) is 7.58. The number of anilines is 3. The second-order valence-electron chi connectivity index (χ2n) is 7.58. The Morgan fingerprint density at radius 1 is 0.806 bits per heavy atom. The summed E-state index contributed by atoms with van der Waals surface area (Å²) in [7, 11) is 0. The summed E-state index contributed by atoms with van der Waals surface area (Å²) in [5.74, 6) is 0. The average Bonchev–Trinajstić information content (AvgIpc) is 2.81. The maximum absolute atomic E-state index is 3.88. The summed E-state index contributed by atoms with van der Waals surface area (Å²) in [6, 6.07) is 32.5. The fraction of sp³-hybridized carbons (Fsp3) is 0.0667. The standard InChI is InChI=1S/C30H27N/c1-4-10-24(11-5-2)26-14-8-15-28(22-26)31(27-20-18-23(3)19-21-27)30-17-9-13-25-12-6-7-16-29(25)30/h4-22H,1H2,2-3H3/b11-5-,24-10+. The van der Waals surface area contributed by atoms with Gasteiger partial charge in [0, 0.05) is 16.8 Å². The zero-order valence-electron chi connectivity index (χ0n) is 18.1. The normalized spacial score (nSPS) is 11.7. The van der Waals surface area contributed by atoms with Crippen LogP contribution in [0.1, 0.15) is 18.1 Å².